The summed E-state index contributed by atoms with van der Waals surface area (Å²) in [6.07, 6.45) is 1.90. The van der Waals surface area contributed by atoms with Crippen LogP contribution in [0, 0.1) is 5.82 Å². The van der Waals surface area contributed by atoms with Gasteiger partial charge in [0.2, 0.25) is 5.91 Å². The third kappa shape index (κ3) is 3.44. The molecule has 0 aliphatic carbocycles. The lowest BCUT2D eigenvalue weighted by Crippen LogP contribution is -2.27. The van der Waals surface area contributed by atoms with E-state index in [1.165, 1.54) is 16.9 Å². The van der Waals surface area contributed by atoms with Crippen molar-refractivity contribution in [2.75, 3.05) is 0 Å². The summed E-state index contributed by atoms with van der Waals surface area (Å²) in [5, 5.41) is 9.68. The van der Waals surface area contributed by atoms with E-state index in [4.69, 9.17) is 0 Å². The summed E-state index contributed by atoms with van der Waals surface area (Å²) in [7, 11) is 0. The van der Waals surface area contributed by atoms with E-state index < -0.39 is 0 Å². The SMILES string of the molecule is O=Cc1cn(CC(=O)NCc2ccccc2F)nn1. The molecule has 98 valence electrons. The van der Waals surface area contributed by atoms with Gasteiger partial charge in [0.25, 0.3) is 0 Å². The lowest BCUT2D eigenvalue weighted by Gasteiger charge is -2.05. The first-order valence-corrected chi connectivity index (χ1v) is 5.54. The molecule has 1 N–H and O–H groups in total. The van der Waals surface area contributed by atoms with Gasteiger partial charge in [-0.25, -0.2) is 9.07 Å². The van der Waals surface area contributed by atoms with Crippen LogP contribution in [0.15, 0.2) is 30.5 Å². The van der Waals surface area contributed by atoms with Crippen molar-refractivity contribution in [2.24, 2.45) is 0 Å². The quantitative estimate of drug-likeness (QED) is 0.798. The number of rotatable bonds is 5. The van der Waals surface area contributed by atoms with Gasteiger partial charge in [-0.15, -0.1) is 5.10 Å². The molecule has 0 saturated carbocycles. The largest absolute Gasteiger partial charge is 0.350 e. The molecule has 0 aliphatic rings. The van der Waals surface area contributed by atoms with Crippen LogP contribution in [0.4, 0.5) is 4.39 Å². The van der Waals surface area contributed by atoms with E-state index in [0.29, 0.717) is 11.8 Å². The average Bonchev–Trinajstić information content (AvgIpc) is 2.85. The van der Waals surface area contributed by atoms with E-state index in [1.807, 2.05) is 0 Å². The van der Waals surface area contributed by atoms with Gasteiger partial charge in [-0.2, -0.15) is 0 Å². The Balaban J connectivity index is 1.88. The number of aromatic nitrogens is 3. The highest BCUT2D eigenvalue weighted by molar-refractivity contribution is 5.76. The monoisotopic (exact) mass is 262 g/mol. The Labute approximate surface area is 108 Å². The van der Waals surface area contributed by atoms with E-state index in [0.717, 1.165) is 0 Å². The van der Waals surface area contributed by atoms with Crippen LogP contribution in [0.3, 0.4) is 0 Å². The molecule has 0 radical (unpaired) electrons. The van der Waals surface area contributed by atoms with E-state index in [-0.39, 0.29) is 30.5 Å². The van der Waals surface area contributed by atoms with Crippen LogP contribution >= 0.6 is 0 Å². The Morgan fingerprint density at radius 1 is 1.42 bits per heavy atom. The molecule has 0 fully saturated rings. The minimum atomic E-state index is -0.369. The highest BCUT2D eigenvalue weighted by Gasteiger charge is 2.07. The fourth-order valence-corrected chi connectivity index (χ4v) is 1.48. The molecule has 7 heteroatoms. The minimum absolute atomic E-state index is 0.0741. The molecule has 0 saturated heterocycles. The van der Waals surface area contributed by atoms with E-state index in [9.17, 15) is 14.0 Å². The number of amides is 1. The van der Waals surface area contributed by atoms with Crippen molar-refractivity contribution in [2.45, 2.75) is 13.1 Å². The van der Waals surface area contributed by atoms with Crippen molar-refractivity contribution in [1.29, 1.82) is 0 Å². The van der Waals surface area contributed by atoms with Gasteiger partial charge < -0.3 is 5.32 Å². The van der Waals surface area contributed by atoms with Gasteiger partial charge in [-0.1, -0.05) is 23.4 Å². The number of aldehydes is 1. The molecule has 0 atom stereocenters. The Hall–Kier alpha value is -2.57. The summed E-state index contributed by atoms with van der Waals surface area (Å²) in [6, 6.07) is 6.19. The maximum absolute atomic E-state index is 13.3. The molecule has 2 aromatic rings. The first kappa shape index (κ1) is 12.9. The molecule has 0 aliphatic heterocycles. The summed E-state index contributed by atoms with van der Waals surface area (Å²) in [5.41, 5.74) is 0.560. The molecular formula is C12H11FN4O2. The molecule has 1 heterocycles. The van der Waals surface area contributed by atoms with Gasteiger partial charge in [-0.3, -0.25) is 9.59 Å². The normalized spacial score (nSPS) is 10.2. The Kier molecular flexibility index (Phi) is 3.97. The predicted octanol–water partition coefficient (Wildman–Crippen LogP) is 0.546. The topological polar surface area (TPSA) is 76.9 Å². The lowest BCUT2D eigenvalue weighted by molar-refractivity contribution is -0.122. The third-order valence-electron chi connectivity index (χ3n) is 2.42. The number of nitrogens with zero attached hydrogens (tertiary/aromatic N) is 3. The molecule has 1 aromatic heterocycles. The Morgan fingerprint density at radius 3 is 2.89 bits per heavy atom. The number of carbonyl (C=O) groups is 2. The fourth-order valence-electron chi connectivity index (χ4n) is 1.48. The number of carbonyl (C=O) groups excluding carboxylic acids is 2. The summed E-state index contributed by atoms with van der Waals surface area (Å²) in [4.78, 5) is 22.0. The summed E-state index contributed by atoms with van der Waals surface area (Å²) >= 11 is 0. The maximum Gasteiger partial charge on any atom is 0.242 e. The first-order chi connectivity index (χ1) is 9.19. The number of benzene rings is 1. The van der Waals surface area contributed by atoms with E-state index in [2.05, 4.69) is 15.6 Å². The van der Waals surface area contributed by atoms with Crippen LogP contribution in [-0.2, 0) is 17.9 Å². The van der Waals surface area contributed by atoms with E-state index in [1.54, 1.807) is 18.2 Å². The average molecular weight is 262 g/mol. The molecule has 0 unspecified atom stereocenters. The smallest absolute Gasteiger partial charge is 0.242 e. The standard InChI is InChI=1S/C12H11FN4O2/c13-11-4-2-1-3-9(11)5-14-12(19)7-17-6-10(8-18)15-16-17/h1-4,6,8H,5,7H2,(H,14,19). The molecule has 19 heavy (non-hydrogen) atoms. The summed E-state index contributed by atoms with van der Waals surface area (Å²) in [6.45, 7) is 0.0238. The third-order valence-corrected chi connectivity index (χ3v) is 2.42. The van der Waals surface area contributed by atoms with Gasteiger partial charge in [0.05, 0.1) is 6.20 Å². The van der Waals surface area contributed by atoms with Crippen LogP contribution in [-0.4, -0.2) is 27.2 Å². The Morgan fingerprint density at radius 2 is 2.21 bits per heavy atom. The minimum Gasteiger partial charge on any atom is -0.350 e. The summed E-state index contributed by atoms with van der Waals surface area (Å²) in [5.74, 6) is -0.711. The van der Waals surface area contributed by atoms with Crippen LogP contribution in [0.5, 0.6) is 0 Å². The highest BCUT2D eigenvalue weighted by atomic mass is 19.1. The van der Waals surface area contributed by atoms with Crippen molar-refractivity contribution in [1.82, 2.24) is 20.3 Å². The highest BCUT2D eigenvalue weighted by Crippen LogP contribution is 2.05. The molecule has 2 rings (SSSR count). The molecule has 0 spiro atoms. The molecule has 1 amide bonds. The van der Waals surface area contributed by atoms with Crippen molar-refractivity contribution in [3.05, 3.63) is 47.5 Å². The van der Waals surface area contributed by atoms with Crippen LogP contribution in [0.1, 0.15) is 16.1 Å². The molecule has 1 aromatic carbocycles. The second kappa shape index (κ2) is 5.85. The molecule has 6 nitrogen and oxygen atoms in total. The molecule has 0 bridgehead atoms. The zero-order valence-corrected chi connectivity index (χ0v) is 9.91. The van der Waals surface area contributed by atoms with Crippen molar-refractivity contribution >= 4 is 12.2 Å². The van der Waals surface area contributed by atoms with Gasteiger partial charge in [0.1, 0.15) is 18.1 Å². The summed E-state index contributed by atoms with van der Waals surface area (Å²) < 4.78 is 14.5. The van der Waals surface area contributed by atoms with Gasteiger partial charge >= 0.3 is 0 Å². The van der Waals surface area contributed by atoms with Gasteiger partial charge in [0.15, 0.2) is 6.29 Å². The number of hydrogen-bond acceptors (Lipinski definition) is 4. The van der Waals surface area contributed by atoms with Crippen molar-refractivity contribution in [3.8, 4) is 0 Å². The number of hydrogen-bond donors (Lipinski definition) is 1. The van der Waals surface area contributed by atoms with Crippen LogP contribution in [0.25, 0.3) is 0 Å². The zero-order valence-electron chi connectivity index (χ0n) is 9.91. The second-order valence-electron chi connectivity index (χ2n) is 3.83. The number of halogens is 1. The second-order valence-corrected chi connectivity index (χ2v) is 3.83. The van der Waals surface area contributed by atoms with Gasteiger partial charge in [0, 0.05) is 12.1 Å². The maximum atomic E-state index is 13.3. The first-order valence-electron chi connectivity index (χ1n) is 5.54. The zero-order chi connectivity index (χ0) is 13.7. The fraction of sp³-hybridized carbons (Fsp3) is 0.167. The van der Waals surface area contributed by atoms with Crippen LogP contribution < -0.4 is 5.32 Å². The Bertz CT molecular complexity index is 597. The van der Waals surface area contributed by atoms with Crippen molar-refractivity contribution in [3.63, 3.8) is 0 Å². The molecular weight excluding hydrogens is 251 g/mol. The lowest BCUT2D eigenvalue weighted by atomic mass is 10.2. The van der Waals surface area contributed by atoms with Crippen LogP contribution in [0.2, 0.25) is 0 Å². The van der Waals surface area contributed by atoms with Crippen molar-refractivity contribution < 1.29 is 14.0 Å². The van der Waals surface area contributed by atoms with Gasteiger partial charge in [-0.05, 0) is 6.07 Å². The number of nitrogens with one attached hydrogen (secondary N) is 1. The van der Waals surface area contributed by atoms with E-state index >= 15 is 0 Å². The predicted molar refractivity (Wildman–Crippen MR) is 63.7 cm³/mol.